The fraction of sp³-hybridized carbons (Fsp3) is 0.323. The molecule has 0 aliphatic heterocycles. The maximum Gasteiger partial charge on any atom is 0.343 e. The minimum atomic E-state index is -0.718. The summed E-state index contributed by atoms with van der Waals surface area (Å²) in [7, 11) is 1.42. The van der Waals surface area contributed by atoms with Crippen LogP contribution in [0.25, 0.3) is 0 Å². The van der Waals surface area contributed by atoms with Crippen molar-refractivity contribution < 1.29 is 28.2 Å². The predicted octanol–water partition coefficient (Wildman–Crippen LogP) is 6.30. The molecule has 8 heteroatoms. The molecule has 0 aliphatic carbocycles. The fourth-order valence-electron chi connectivity index (χ4n) is 4.41. The van der Waals surface area contributed by atoms with Crippen LogP contribution in [-0.2, 0) is 10.2 Å². The van der Waals surface area contributed by atoms with E-state index < -0.39 is 17.7 Å². The molecule has 0 saturated heterocycles. The predicted molar refractivity (Wildman–Crippen MR) is 149 cm³/mol. The number of nitrogens with zero attached hydrogens (tertiary/aromatic N) is 1. The van der Waals surface area contributed by atoms with Crippen LogP contribution in [0.1, 0.15) is 62.5 Å². The van der Waals surface area contributed by atoms with Crippen molar-refractivity contribution >= 4 is 18.1 Å². The van der Waals surface area contributed by atoms with Crippen molar-refractivity contribution in [3.05, 3.63) is 89.2 Å². The van der Waals surface area contributed by atoms with Gasteiger partial charge in [0.25, 0.3) is 5.91 Å². The number of halogens is 1. The number of hydrogen-bond acceptors (Lipinski definition) is 6. The minimum absolute atomic E-state index is 0.0205. The molecule has 0 radical (unpaired) electrons. The lowest BCUT2D eigenvalue weighted by molar-refractivity contribution is -0.123. The second kappa shape index (κ2) is 12.6. The number of methoxy groups -OCH3 is 1. The summed E-state index contributed by atoms with van der Waals surface area (Å²) >= 11 is 0. The Morgan fingerprint density at radius 2 is 1.67 bits per heavy atom. The smallest absolute Gasteiger partial charge is 0.343 e. The van der Waals surface area contributed by atoms with E-state index in [2.05, 4.69) is 45.1 Å². The van der Waals surface area contributed by atoms with Crippen LogP contribution in [0.3, 0.4) is 0 Å². The second-order valence-electron chi connectivity index (χ2n) is 11.0. The van der Waals surface area contributed by atoms with E-state index >= 15 is 0 Å². The zero-order valence-electron chi connectivity index (χ0n) is 23.2. The second-order valence-corrected chi connectivity index (χ2v) is 11.0. The zero-order valence-corrected chi connectivity index (χ0v) is 23.2. The Morgan fingerprint density at radius 3 is 2.31 bits per heavy atom. The normalized spacial score (nSPS) is 11.8. The Hall–Kier alpha value is -4.20. The van der Waals surface area contributed by atoms with Gasteiger partial charge in [0.05, 0.1) is 18.9 Å². The largest absolute Gasteiger partial charge is 0.493 e. The van der Waals surface area contributed by atoms with Gasteiger partial charge in [-0.3, -0.25) is 4.79 Å². The average molecular weight is 535 g/mol. The monoisotopic (exact) mass is 534 g/mol. The third-order valence-electron chi connectivity index (χ3n) is 5.83. The van der Waals surface area contributed by atoms with Gasteiger partial charge in [0.15, 0.2) is 18.1 Å². The minimum Gasteiger partial charge on any atom is -0.493 e. The molecule has 3 aromatic rings. The van der Waals surface area contributed by atoms with Gasteiger partial charge >= 0.3 is 5.97 Å². The molecule has 0 aromatic heterocycles. The molecule has 3 aromatic carbocycles. The lowest BCUT2D eigenvalue weighted by Gasteiger charge is -2.33. The van der Waals surface area contributed by atoms with Gasteiger partial charge in [-0.05, 0) is 76.9 Å². The van der Waals surface area contributed by atoms with E-state index in [0.29, 0.717) is 11.3 Å². The van der Waals surface area contributed by atoms with Crippen LogP contribution in [0.15, 0.2) is 71.8 Å². The van der Waals surface area contributed by atoms with E-state index in [-0.39, 0.29) is 34.5 Å². The maximum atomic E-state index is 13.4. The lowest BCUT2D eigenvalue weighted by atomic mass is 9.72. The van der Waals surface area contributed by atoms with Crippen LogP contribution in [0.5, 0.6) is 17.2 Å². The lowest BCUT2D eigenvalue weighted by Crippen LogP contribution is -2.25. The number of esters is 1. The van der Waals surface area contributed by atoms with E-state index in [1.54, 1.807) is 12.1 Å². The standard InChI is InChI=1S/C31H35FN2O5/c1-30(2,3)20-31(4,5)23-11-13-25(14-12-23)38-19-28(35)34-33-18-21-10-15-26(27(16-21)37-6)39-29(36)22-8-7-9-24(32)17-22/h7-18H,19-20H2,1-6H3,(H,34,35)/b33-18+. The molecule has 3 rings (SSSR count). The molecular weight excluding hydrogens is 499 g/mol. The third-order valence-corrected chi connectivity index (χ3v) is 5.83. The first-order chi connectivity index (χ1) is 18.4. The Balaban J connectivity index is 1.52. The highest BCUT2D eigenvalue weighted by Gasteiger charge is 2.27. The first-order valence-electron chi connectivity index (χ1n) is 12.6. The number of benzene rings is 3. The van der Waals surface area contributed by atoms with E-state index in [0.717, 1.165) is 12.5 Å². The summed E-state index contributed by atoms with van der Waals surface area (Å²) in [5.74, 6) is -0.649. The van der Waals surface area contributed by atoms with Gasteiger partial charge in [0.1, 0.15) is 11.6 Å². The molecule has 206 valence electrons. The number of amides is 1. The van der Waals surface area contributed by atoms with Crippen molar-refractivity contribution in [3.8, 4) is 17.2 Å². The topological polar surface area (TPSA) is 86.2 Å². The highest BCUT2D eigenvalue weighted by molar-refractivity contribution is 5.91. The molecule has 39 heavy (non-hydrogen) atoms. The summed E-state index contributed by atoms with van der Waals surface area (Å²) in [6, 6.07) is 17.7. The number of carbonyl (C=O) groups is 2. The van der Waals surface area contributed by atoms with E-state index in [9.17, 15) is 14.0 Å². The first-order valence-corrected chi connectivity index (χ1v) is 12.6. The van der Waals surface area contributed by atoms with E-state index in [1.807, 2.05) is 24.3 Å². The molecule has 0 atom stereocenters. The summed E-state index contributed by atoms with van der Waals surface area (Å²) in [5, 5.41) is 3.95. The van der Waals surface area contributed by atoms with Crippen LogP contribution < -0.4 is 19.6 Å². The van der Waals surface area contributed by atoms with Crippen molar-refractivity contribution in [1.82, 2.24) is 5.43 Å². The molecule has 0 heterocycles. The van der Waals surface area contributed by atoms with Crippen molar-refractivity contribution in [1.29, 1.82) is 0 Å². The van der Waals surface area contributed by atoms with Gasteiger partial charge in [0.2, 0.25) is 0 Å². The summed E-state index contributed by atoms with van der Waals surface area (Å²) in [4.78, 5) is 24.5. The summed E-state index contributed by atoms with van der Waals surface area (Å²) in [6.07, 6.45) is 2.46. The quantitative estimate of drug-likeness (QED) is 0.143. The van der Waals surface area contributed by atoms with Gasteiger partial charge in [-0.15, -0.1) is 0 Å². The van der Waals surface area contributed by atoms with Gasteiger partial charge in [0, 0.05) is 0 Å². The van der Waals surface area contributed by atoms with Crippen LogP contribution in [0, 0.1) is 11.2 Å². The molecule has 7 nitrogen and oxygen atoms in total. The van der Waals surface area contributed by atoms with Crippen LogP contribution in [0.2, 0.25) is 0 Å². The zero-order chi connectivity index (χ0) is 28.6. The Morgan fingerprint density at radius 1 is 0.949 bits per heavy atom. The molecular formula is C31H35FN2O5. The molecule has 0 unspecified atom stereocenters. The summed E-state index contributed by atoms with van der Waals surface area (Å²) < 4.78 is 29.6. The summed E-state index contributed by atoms with van der Waals surface area (Å²) in [5.41, 5.74) is 4.53. The molecule has 1 N–H and O–H groups in total. The third kappa shape index (κ3) is 8.95. The SMILES string of the molecule is COc1cc(/C=N/NC(=O)COc2ccc(C(C)(C)CC(C)(C)C)cc2)ccc1OC(=O)c1cccc(F)c1. The van der Waals surface area contributed by atoms with Gasteiger partial charge < -0.3 is 14.2 Å². The van der Waals surface area contributed by atoms with Crippen molar-refractivity contribution in [2.45, 2.75) is 46.5 Å². The number of hydrogen-bond donors (Lipinski definition) is 1. The summed E-state index contributed by atoms with van der Waals surface area (Å²) in [6.45, 7) is 10.9. The number of rotatable bonds is 10. The molecule has 1 amide bonds. The van der Waals surface area contributed by atoms with Crippen molar-refractivity contribution in [3.63, 3.8) is 0 Å². The Labute approximate surface area is 229 Å². The van der Waals surface area contributed by atoms with Crippen molar-refractivity contribution in [2.75, 3.05) is 13.7 Å². The molecule has 0 spiro atoms. The van der Waals surface area contributed by atoms with Crippen LogP contribution in [0.4, 0.5) is 4.39 Å². The Kier molecular flexibility index (Phi) is 9.46. The van der Waals surface area contributed by atoms with E-state index in [4.69, 9.17) is 14.2 Å². The molecule has 0 aliphatic rings. The van der Waals surface area contributed by atoms with Crippen molar-refractivity contribution in [2.24, 2.45) is 10.5 Å². The van der Waals surface area contributed by atoms with Crippen LogP contribution >= 0.6 is 0 Å². The highest BCUT2D eigenvalue weighted by atomic mass is 19.1. The number of hydrazone groups is 1. The molecule has 0 fully saturated rings. The fourth-order valence-corrected chi connectivity index (χ4v) is 4.41. The molecule has 0 bridgehead atoms. The number of nitrogens with one attached hydrogen (secondary N) is 1. The van der Waals surface area contributed by atoms with Gasteiger partial charge in [-0.1, -0.05) is 52.8 Å². The van der Waals surface area contributed by atoms with E-state index in [1.165, 1.54) is 43.2 Å². The van der Waals surface area contributed by atoms with Gasteiger partial charge in [-0.2, -0.15) is 5.10 Å². The van der Waals surface area contributed by atoms with Crippen LogP contribution in [-0.4, -0.2) is 31.8 Å². The number of ether oxygens (including phenoxy) is 3. The average Bonchev–Trinajstić information content (AvgIpc) is 2.87. The molecule has 0 saturated carbocycles. The first kappa shape index (κ1) is 29.4. The van der Waals surface area contributed by atoms with Gasteiger partial charge in [-0.25, -0.2) is 14.6 Å². The Bertz CT molecular complexity index is 1330. The highest BCUT2D eigenvalue weighted by Crippen LogP contribution is 2.36. The maximum absolute atomic E-state index is 13.4. The number of carbonyl (C=O) groups excluding carboxylic acids is 2.